The molecule has 0 saturated carbocycles. The predicted octanol–water partition coefficient (Wildman–Crippen LogP) is 3.89. The van der Waals surface area contributed by atoms with Crippen LogP contribution in [-0.2, 0) is 0 Å². The van der Waals surface area contributed by atoms with Gasteiger partial charge in [-0.3, -0.25) is 19.2 Å². The second-order valence-electron chi connectivity index (χ2n) is 7.48. The van der Waals surface area contributed by atoms with E-state index >= 15 is 0 Å². The fourth-order valence-electron chi connectivity index (χ4n) is 3.84. The molecule has 8 nitrogen and oxygen atoms in total. The summed E-state index contributed by atoms with van der Waals surface area (Å²) in [5, 5.41) is 0.273. The first kappa shape index (κ1) is 22.9. The SMILES string of the molecule is Nc1c(Cl)cc(-n2c(=O)c3cc4c(=O)n(-c5cc(Cl)c(N)c(Br)c5)c(=O)c4cc3c2=O)cc1Br. The van der Waals surface area contributed by atoms with Gasteiger partial charge in [0.15, 0.2) is 0 Å². The lowest BCUT2D eigenvalue weighted by Gasteiger charge is -2.06. The molecule has 12 heteroatoms. The normalized spacial score (nSPS) is 11.6. The van der Waals surface area contributed by atoms with Crippen molar-refractivity contribution >= 4 is 88.0 Å². The molecule has 4 N–H and O–H groups in total. The van der Waals surface area contributed by atoms with Gasteiger partial charge < -0.3 is 11.5 Å². The van der Waals surface area contributed by atoms with Gasteiger partial charge in [0.2, 0.25) is 0 Å². The molecule has 3 aromatic carbocycles. The van der Waals surface area contributed by atoms with Crippen LogP contribution in [0.3, 0.4) is 0 Å². The van der Waals surface area contributed by atoms with E-state index in [2.05, 4.69) is 31.9 Å². The van der Waals surface area contributed by atoms with Crippen molar-refractivity contribution in [3.05, 3.63) is 96.8 Å². The molecule has 0 aliphatic heterocycles. The minimum Gasteiger partial charge on any atom is -0.397 e. The summed E-state index contributed by atoms with van der Waals surface area (Å²) in [6.07, 6.45) is 0. The molecular formula is C22H10Br2Cl2N4O4. The monoisotopic (exact) mass is 622 g/mol. The Bertz CT molecular complexity index is 1660. The van der Waals surface area contributed by atoms with Crippen LogP contribution in [0.25, 0.3) is 32.9 Å². The highest BCUT2D eigenvalue weighted by atomic mass is 79.9. The molecule has 2 aromatic heterocycles. The van der Waals surface area contributed by atoms with Crippen LogP contribution in [0.2, 0.25) is 10.0 Å². The Hall–Kier alpha value is -2.92. The van der Waals surface area contributed by atoms with Crippen LogP contribution in [0, 0.1) is 0 Å². The van der Waals surface area contributed by atoms with E-state index < -0.39 is 22.2 Å². The van der Waals surface area contributed by atoms with Crippen LogP contribution in [0.15, 0.2) is 64.5 Å². The third-order valence-corrected chi connectivity index (χ3v) is 7.47. The van der Waals surface area contributed by atoms with Crippen LogP contribution in [0.4, 0.5) is 11.4 Å². The second-order valence-corrected chi connectivity index (χ2v) is 10.0. The minimum atomic E-state index is -0.660. The van der Waals surface area contributed by atoms with Crippen molar-refractivity contribution in [1.29, 1.82) is 0 Å². The number of rotatable bonds is 2. The largest absolute Gasteiger partial charge is 0.397 e. The van der Waals surface area contributed by atoms with Gasteiger partial charge in [-0.2, -0.15) is 0 Å². The summed E-state index contributed by atoms with van der Waals surface area (Å²) in [5.74, 6) is 0. The minimum absolute atomic E-state index is 0.00709. The summed E-state index contributed by atoms with van der Waals surface area (Å²) in [6, 6.07) is 8.25. The van der Waals surface area contributed by atoms with Crippen molar-refractivity contribution in [3.8, 4) is 11.4 Å². The van der Waals surface area contributed by atoms with Crippen molar-refractivity contribution in [2.45, 2.75) is 0 Å². The lowest BCUT2D eigenvalue weighted by atomic mass is 10.1. The molecule has 2 heterocycles. The van der Waals surface area contributed by atoms with E-state index in [-0.39, 0.29) is 54.3 Å². The number of nitrogen functional groups attached to an aromatic ring is 2. The molecule has 0 amide bonds. The molecule has 0 fully saturated rings. The maximum atomic E-state index is 13.1. The van der Waals surface area contributed by atoms with Crippen LogP contribution in [0.1, 0.15) is 0 Å². The molecule has 0 saturated heterocycles. The molecule has 0 aliphatic rings. The number of hydrogen-bond acceptors (Lipinski definition) is 6. The van der Waals surface area contributed by atoms with E-state index in [4.69, 9.17) is 34.7 Å². The van der Waals surface area contributed by atoms with Crippen molar-refractivity contribution in [3.63, 3.8) is 0 Å². The van der Waals surface area contributed by atoms with Crippen molar-refractivity contribution < 1.29 is 0 Å². The van der Waals surface area contributed by atoms with E-state index in [1.165, 1.54) is 36.4 Å². The topological polar surface area (TPSA) is 130 Å². The lowest BCUT2D eigenvalue weighted by molar-refractivity contribution is 0.987. The standard InChI is InChI=1S/C22H10Br2Cl2N4O4/c23-13-1-7(3-15(25)17(13)27)29-19(31)9-5-11-12(6-10(9)20(29)32)22(34)30(21(11)33)8-2-14(24)18(28)16(26)4-8/h1-6H,27-28H2. The Labute approximate surface area is 215 Å². The van der Waals surface area contributed by atoms with Gasteiger partial charge in [-0.15, -0.1) is 0 Å². The number of fused-ring (bicyclic) bond motifs is 2. The van der Waals surface area contributed by atoms with Gasteiger partial charge in [-0.1, -0.05) is 23.2 Å². The molecule has 0 spiro atoms. The first-order valence-corrected chi connectivity index (χ1v) is 11.8. The van der Waals surface area contributed by atoms with Crippen LogP contribution in [0.5, 0.6) is 0 Å². The van der Waals surface area contributed by atoms with E-state index in [9.17, 15) is 19.2 Å². The number of nitrogens with two attached hydrogens (primary N) is 2. The highest BCUT2D eigenvalue weighted by molar-refractivity contribution is 9.11. The number of halogens is 4. The van der Waals surface area contributed by atoms with Crippen LogP contribution in [-0.4, -0.2) is 9.13 Å². The number of aromatic nitrogens is 2. The Morgan fingerprint density at radius 2 is 0.853 bits per heavy atom. The van der Waals surface area contributed by atoms with E-state index in [0.29, 0.717) is 8.95 Å². The van der Waals surface area contributed by atoms with Crippen LogP contribution < -0.4 is 33.7 Å². The van der Waals surface area contributed by atoms with Gasteiger partial charge in [-0.25, -0.2) is 9.13 Å². The molecule has 0 atom stereocenters. The van der Waals surface area contributed by atoms with Crippen molar-refractivity contribution in [2.75, 3.05) is 11.5 Å². The molecule has 0 aliphatic carbocycles. The smallest absolute Gasteiger partial charge is 0.266 e. The fourth-order valence-corrected chi connectivity index (χ4v) is 5.39. The summed E-state index contributed by atoms with van der Waals surface area (Å²) in [6.45, 7) is 0. The molecular weight excluding hydrogens is 615 g/mol. The third-order valence-electron chi connectivity index (χ3n) is 5.54. The molecule has 170 valence electrons. The summed E-state index contributed by atoms with van der Waals surface area (Å²) >= 11 is 18.7. The fraction of sp³-hybridized carbons (Fsp3) is 0. The van der Waals surface area contributed by atoms with E-state index in [0.717, 1.165) is 9.13 Å². The summed E-state index contributed by atoms with van der Waals surface area (Å²) in [4.78, 5) is 52.6. The van der Waals surface area contributed by atoms with E-state index in [1.807, 2.05) is 0 Å². The predicted molar refractivity (Wildman–Crippen MR) is 142 cm³/mol. The highest BCUT2D eigenvalue weighted by Gasteiger charge is 2.22. The number of nitrogens with zero attached hydrogens (tertiary/aromatic N) is 2. The quantitative estimate of drug-likeness (QED) is 0.287. The van der Waals surface area contributed by atoms with Gasteiger partial charge in [0, 0.05) is 8.95 Å². The van der Waals surface area contributed by atoms with Crippen LogP contribution >= 0.6 is 55.1 Å². The van der Waals surface area contributed by atoms with E-state index in [1.54, 1.807) is 0 Å². The molecule has 34 heavy (non-hydrogen) atoms. The molecule has 5 rings (SSSR count). The maximum Gasteiger partial charge on any atom is 0.266 e. The van der Waals surface area contributed by atoms with Crippen molar-refractivity contribution in [2.24, 2.45) is 0 Å². The zero-order chi connectivity index (χ0) is 24.6. The van der Waals surface area contributed by atoms with Gasteiger partial charge in [-0.05, 0) is 68.3 Å². The van der Waals surface area contributed by atoms with Gasteiger partial charge in [0.1, 0.15) is 0 Å². The Morgan fingerprint density at radius 3 is 1.12 bits per heavy atom. The summed E-state index contributed by atoms with van der Waals surface area (Å²) in [7, 11) is 0. The first-order valence-electron chi connectivity index (χ1n) is 9.46. The lowest BCUT2D eigenvalue weighted by Crippen LogP contribution is -2.24. The second kappa shape index (κ2) is 7.81. The average molecular weight is 625 g/mol. The van der Waals surface area contributed by atoms with Gasteiger partial charge in [0.05, 0.1) is 54.3 Å². The number of anilines is 2. The molecule has 0 radical (unpaired) electrons. The zero-order valence-electron chi connectivity index (χ0n) is 16.7. The maximum absolute atomic E-state index is 13.1. The Kier molecular flexibility index (Phi) is 5.25. The van der Waals surface area contributed by atoms with Crippen molar-refractivity contribution in [1.82, 2.24) is 9.13 Å². The third kappa shape index (κ3) is 3.17. The van der Waals surface area contributed by atoms with Gasteiger partial charge >= 0.3 is 0 Å². The number of benzene rings is 3. The summed E-state index contributed by atoms with van der Waals surface area (Å²) < 4.78 is 2.64. The average Bonchev–Trinajstić information content (AvgIpc) is 3.18. The Morgan fingerprint density at radius 1 is 0.559 bits per heavy atom. The zero-order valence-corrected chi connectivity index (χ0v) is 21.3. The highest BCUT2D eigenvalue weighted by Crippen LogP contribution is 2.31. The summed E-state index contributed by atoms with van der Waals surface area (Å²) in [5.41, 5.74) is 9.90. The number of hydrogen-bond donors (Lipinski definition) is 2. The molecule has 0 bridgehead atoms. The Balaban J connectivity index is 1.83. The molecule has 5 aromatic rings. The molecule has 0 unspecified atom stereocenters. The van der Waals surface area contributed by atoms with Gasteiger partial charge in [0.25, 0.3) is 22.2 Å². The first-order chi connectivity index (χ1) is 16.0.